The Bertz CT molecular complexity index is 839. The summed E-state index contributed by atoms with van der Waals surface area (Å²) in [7, 11) is 1.63. The van der Waals surface area contributed by atoms with Crippen LogP contribution in [-0.4, -0.2) is 33.1 Å². The minimum atomic E-state index is -0.342. The van der Waals surface area contributed by atoms with Gasteiger partial charge < -0.3 is 10.1 Å². The molecule has 0 saturated heterocycles. The molecule has 2 aliphatic rings. The highest BCUT2D eigenvalue weighted by atomic mass is 16.5. The maximum atomic E-state index is 13.0. The van der Waals surface area contributed by atoms with E-state index in [2.05, 4.69) is 40.8 Å². The number of methoxy groups -OCH3 is 1. The van der Waals surface area contributed by atoms with Crippen LogP contribution < -0.4 is 10.1 Å². The average molecular weight is 325 g/mol. The van der Waals surface area contributed by atoms with E-state index >= 15 is 0 Å². The maximum absolute atomic E-state index is 13.0. The Morgan fingerprint density at radius 1 is 1.33 bits per heavy atom. The van der Waals surface area contributed by atoms with Crippen LogP contribution in [0.3, 0.4) is 0 Å². The van der Waals surface area contributed by atoms with Crippen LogP contribution in [0.5, 0.6) is 5.75 Å². The Kier molecular flexibility index (Phi) is 3.19. The lowest BCUT2D eigenvalue weighted by Crippen LogP contribution is -2.42. The maximum Gasteiger partial charge on any atom is 0.247 e. The SMILES string of the molecule is COc1ccccc1C1C2C(=O)CC(C)(C)C=C2Nc2nnnn21. The first-order valence-corrected chi connectivity index (χ1v) is 7.93. The molecule has 1 N–H and O–H groups in total. The van der Waals surface area contributed by atoms with Crippen molar-refractivity contribution in [1.82, 2.24) is 20.2 Å². The molecular formula is C17H19N5O2. The van der Waals surface area contributed by atoms with Crippen molar-refractivity contribution in [2.45, 2.75) is 26.3 Å². The molecule has 0 amide bonds. The zero-order chi connectivity index (χ0) is 16.9. The second-order valence-electron chi connectivity index (χ2n) is 6.97. The van der Waals surface area contributed by atoms with Gasteiger partial charge in [-0.05, 0) is 21.9 Å². The number of nitrogens with zero attached hydrogens (tertiary/aromatic N) is 4. The van der Waals surface area contributed by atoms with Crippen molar-refractivity contribution in [2.24, 2.45) is 11.3 Å². The molecule has 0 bridgehead atoms. The number of carbonyl (C=O) groups is 1. The number of para-hydroxylation sites is 1. The van der Waals surface area contributed by atoms with Gasteiger partial charge in [-0.2, -0.15) is 0 Å². The number of nitrogens with one attached hydrogen (secondary N) is 1. The van der Waals surface area contributed by atoms with Gasteiger partial charge in [-0.3, -0.25) is 4.79 Å². The normalized spacial score (nSPS) is 24.5. The van der Waals surface area contributed by atoms with Gasteiger partial charge in [0.2, 0.25) is 5.95 Å². The van der Waals surface area contributed by atoms with Crippen LogP contribution in [0.4, 0.5) is 5.95 Å². The highest BCUT2D eigenvalue weighted by Gasteiger charge is 2.45. The largest absolute Gasteiger partial charge is 0.496 e. The van der Waals surface area contributed by atoms with Crippen molar-refractivity contribution in [3.8, 4) is 5.75 Å². The van der Waals surface area contributed by atoms with Crippen molar-refractivity contribution in [1.29, 1.82) is 0 Å². The highest BCUT2D eigenvalue weighted by Crippen LogP contribution is 2.46. The number of anilines is 1. The molecule has 24 heavy (non-hydrogen) atoms. The van der Waals surface area contributed by atoms with Crippen molar-refractivity contribution in [3.05, 3.63) is 41.6 Å². The molecule has 2 unspecified atom stereocenters. The van der Waals surface area contributed by atoms with E-state index in [0.717, 1.165) is 17.0 Å². The van der Waals surface area contributed by atoms with Crippen LogP contribution in [0.2, 0.25) is 0 Å². The molecule has 1 aromatic heterocycles. The number of carbonyl (C=O) groups excluding carboxylic acids is 1. The average Bonchev–Trinajstić information content (AvgIpc) is 2.99. The molecule has 124 valence electrons. The molecule has 7 nitrogen and oxygen atoms in total. The van der Waals surface area contributed by atoms with Crippen molar-refractivity contribution >= 4 is 11.7 Å². The number of aromatic nitrogens is 4. The molecule has 4 rings (SSSR count). The second-order valence-corrected chi connectivity index (χ2v) is 6.97. The number of ketones is 1. The first kappa shape index (κ1) is 14.9. The van der Waals surface area contributed by atoms with Crippen LogP contribution >= 0.6 is 0 Å². The zero-order valence-corrected chi connectivity index (χ0v) is 13.9. The molecule has 0 saturated carbocycles. The Balaban J connectivity index is 1.93. The fourth-order valence-corrected chi connectivity index (χ4v) is 3.71. The van der Waals surface area contributed by atoms with E-state index in [4.69, 9.17) is 4.74 Å². The van der Waals surface area contributed by atoms with Gasteiger partial charge >= 0.3 is 0 Å². The van der Waals surface area contributed by atoms with E-state index < -0.39 is 0 Å². The van der Waals surface area contributed by atoms with E-state index in [0.29, 0.717) is 12.4 Å². The summed E-state index contributed by atoms with van der Waals surface area (Å²) in [4.78, 5) is 13.0. The van der Waals surface area contributed by atoms with Gasteiger partial charge in [0.25, 0.3) is 0 Å². The standard InChI is InChI=1S/C17H19N5O2/c1-17(2)8-11-14(12(23)9-17)15(22-16(18-11)19-20-21-22)10-6-4-5-7-13(10)24-3/h4-8,14-15H,9H2,1-3H3,(H,18,19,21). The number of hydrogen-bond acceptors (Lipinski definition) is 6. The summed E-state index contributed by atoms with van der Waals surface area (Å²) in [6, 6.07) is 7.38. The Morgan fingerprint density at radius 3 is 2.92 bits per heavy atom. The molecule has 0 spiro atoms. The summed E-state index contributed by atoms with van der Waals surface area (Å²) in [6.45, 7) is 4.12. The topological polar surface area (TPSA) is 81.9 Å². The van der Waals surface area contributed by atoms with E-state index in [1.54, 1.807) is 11.8 Å². The minimum absolute atomic E-state index is 0.182. The number of allylic oxidation sites excluding steroid dienone is 2. The van der Waals surface area contributed by atoms with Crippen LogP contribution in [0, 0.1) is 11.3 Å². The molecule has 2 aromatic rings. The number of benzene rings is 1. The molecule has 2 heterocycles. The van der Waals surface area contributed by atoms with Crippen LogP contribution in [-0.2, 0) is 4.79 Å². The van der Waals surface area contributed by atoms with Gasteiger partial charge in [0.05, 0.1) is 13.0 Å². The Labute approximate surface area is 139 Å². The Morgan fingerprint density at radius 2 is 2.12 bits per heavy atom. The highest BCUT2D eigenvalue weighted by molar-refractivity contribution is 5.88. The predicted molar refractivity (Wildman–Crippen MR) is 87.6 cm³/mol. The van der Waals surface area contributed by atoms with E-state index in [1.807, 2.05) is 24.3 Å². The third-order valence-electron chi connectivity index (χ3n) is 4.64. The van der Waals surface area contributed by atoms with Gasteiger partial charge in [0.15, 0.2) is 0 Å². The van der Waals surface area contributed by atoms with E-state index in [1.165, 1.54) is 0 Å². The summed E-state index contributed by atoms with van der Waals surface area (Å²) in [5.41, 5.74) is 1.59. The van der Waals surface area contributed by atoms with Crippen molar-refractivity contribution in [2.75, 3.05) is 12.4 Å². The third-order valence-corrected chi connectivity index (χ3v) is 4.64. The van der Waals surface area contributed by atoms with Crippen molar-refractivity contribution in [3.63, 3.8) is 0 Å². The quantitative estimate of drug-likeness (QED) is 0.911. The fraction of sp³-hybridized carbons (Fsp3) is 0.412. The van der Waals surface area contributed by atoms with Gasteiger partial charge in [0.1, 0.15) is 17.6 Å². The lowest BCUT2D eigenvalue weighted by atomic mass is 9.72. The smallest absolute Gasteiger partial charge is 0.247 e. The Hall–Kier alpha value is -2.70. The fourth-order valence-electron chi connectivity index (χ4n) is 3.71. The molecule has 0 fully saturated rings. The summed E-state index contributed by atoms with van der Waals surface area (Å²) in [5, 5.41) is 15.2. The molecular weight excluding hydrogens is 306 g/mol. The van der Waals surface area contributed by atoms with Gasteiger partial charge in [-0.1, -0.05) is 43.2 Å². The lowest BCUT2D eigenvalue weighted by molar-refractivity contribution is -0.125. The zero-order valence-electron chi connectivity index (χ0n) is 13.9. The molecule has 1 aromatic carbocycles. The molecule has 7 heteroatoms. The third kappa shape index (κ3) is 2.19. The van der Waals surface area contributed by atoms with Crippen LogP contribution in [0.25, 0.3) is 0 Å². The monoisotopic (exact) mass is 325 g/mol. The van der Waals surface area contributed by atoms with E-state index in [9.17, 15) is 4.79 Å². The van der Waals surface area contributed by atoms with Crippen molar-refractivity contribution < 1.29 is 9.53 Å². The number of rotatable bonds is 2. The number of fused-ring (bicyclic) bond motifs is 2. The summed E-state index contributed by atoms with van der Waals surface area (Å²) >= 11 is 0. The number of ether oxygens (including phenoxy) is 1. The summed E-state index contributed by atoms with van der Waals surface area (Å²) < 4.78 is 7.19. The predicted octanol–water partition coefficient (Wildman–Crippen LogP) is 2.20. The number of hydrogen-bond donors (Lipinski definition) is 1. The molecule has 2 atom stereocenters. The molecule has 0 radical (unpaired) electrons. The first-order chi connectivity index (χ1) is 11.5. The number of Topliss-reactive ketones (excluding diaryl/α,β-unsaturated/α-hetero) is 1. The molecule has 1 aliphatic heterocycles. The summed E-state index contributed by atoms with van der Waals surface area (Å²) in [5.74, 6) is 1.11. The minimum Gasteiger partial charge on any atom is -0.496 e. The van der Waals surface area contributed by atoms with Crippen LogP contribution in [0.1, 0.15) is 31.9 Å². The lowest BCUT2D eigenvalue weighted by Gasteiger charge is -2.39. The van der Waals surface area contributed by atoms with Gasteiger partial charge in [0, 0.05) is 17.7 Å². The molecule has 1 aliphatic carbocycles. The van der Waals surface area contributed by atoms with E-state index in [-0.39, 0.29) is 23.2 Å². The second kappa shape index (κ2) is 5.15. The first-order valence-electron chi connectivity index (χ1n) is 7.93. The van der Waals surface area contributed by atoms with Gasteiger partial charge in [-0.25, -0.2) is 4.68 Å². The number of tetrazole rings is 1. The van der Waals surface area contributed by atoms with Crippen LogP contribution in [0.15, 0.2) is 36.0 Å². The van der Waals surface area contributed by atoms with Gasteiger partial charge in [-0.15, -0.1) is 0 Å². The summed E-state index contributed by atoms with van der Waals surface area (Å²) in [6.07, 6.45) is 2.62.